The summed E-state index contributed by atoms with van der Waals surface area (Å²) in [5, 5.41) is 2.92. The Bertz CT molecular complexity index is 274. The van der Waals surface area contributed by atoms with Gasteiger partial charge in [-0.1, -0.05) is 23.2 Å². The van der Waals surface area contributed by atoms with Crippen LogP contribution < -0.4 is 5.84 Å². The molecule has 0 aliphatic heterocycles. The molecule has 2 N–H and O–H groups in total. The van der Waals surface area contributed by atoms with Gasteiger partial charge in [-0.25, -0.2) is 5.01 Å². The summed E-state index contributed by atoms with van der Waals surface area (Å²) in [5.41, 5.74) is 0.939. The lowest BCUT2D eigenvalue weighted by Crippen LogP contribution is -2.25. The molecule has 0 unspecified atom stereocenters. The first kappa shape index (κ1) is 9.81. The van der Waals surface area contributed by atoms with E-state index in [1.807, 2.05) is 6.07 Å². The maximum absolute atomic E-state index is 5.90. The first-order valence-corrected chi connectivity index (χ1v) is 4.25. The molecule has 12 heavy (non-hydrogen) atoms. The molecular formula is C8H10Cl2N2. The van der Waals surface area contributed by atoms with E-state index in [1.54, 1.807) is 24.2 Å². The van der Waals surface area contributed by atoms with E-state index >= 15 is 0 Å². The van der Waals surface area contributed by atoms with Crippen LogP contribution in [0.2, 0.25) is 10.0 Å². The Morgan fingerprint density at radius 1 is 1.42 bits per heavy atom. The van der Waals surface area contributed by atoms with Crippen LogP contribution in [0.15, 0.2) is 18.2 Å². The summed E-state index contributed by atoms with van der Waals surface area (Å²) in [5.74, 6) is 5.47. The van der Waals surface area contributed by atoms with E-state index in [4.69, 9.17) is 29.0 Å². The van der Waals surface area contributed by atoms with E-state index in [1.165, 1.54) is 0 Å². The second-order valence-corrected chi connectivity index (χ2v) is 3.49. The smallest absolute Gasteiger partial charge is 0.0452 e. The van der Waals surface area contributed by atoms with Gasteiger partial charge in [0.05, 0.1) is 0 Å². The van der Waals surface area contributed by atoms with Crippen molar-refractivity contribution in [3.05, 3.63) is 33.8 Å². The van der Waals surface area contributed by atoms with E-state index in [-0.39, 0.29) is 0 Å². The van der Waals surface area contributed by atoms with E-state index in [0.29, 0.717) is 16.6 Å². The van der Waals surface area contributed by atoms with Crippen LogP contribution in [0.25, 0.3) is 0 Å². The van der Waals surface area contributed by atoms with Gasteiger partial charge in [-0.05, 0) is 23.8 Å². The Kier molecular flexibility index (Phi) is 3.35. The first-order chi connectivity index (χ1) is 5.59. The highest BCUT2D eigenvalue weighted by molar-refractivity contribution is 6.33. The zero-order valence-corrected chi connectivity index (χ0v) is 8.23. The number of benzene rings is 1. The minimum atomic E-state index is 0.597. The highest BCUT2D eigenvalue weighted by Gasteiger charge is 2.01. The topological polar surface area (TPSA) is 29.3 Å². The van der Waals surface area contributed by atoms with Gasteiger partial charge >= 0.3 is 0 Å². The van der Waals surface area contributed by atoms with E-state index in [0.717, 1.165) is 5.56 Å². The molecule has 1 aromatic rings. The van der Waals surface area contributed by atoms with Gasteiger partial charge in [-0.3, -0.25) is 5.84 Å². The number of hydrazine groups is 1. The van der Waals surface area contributed by atoms with Crippen LogP contribution >= 0.6 is 23.2 Å². The molecule has 0 bridgehead atoms. The molecule has 2 nitrogen and oxygen atoms in total. The maximum atomic E-state index is 5.90. The fourth-order valence-electron chi connectivity index (χ4n) is 0.933. The average molecular weight is 205 g/mol. The number of rotatable bonds is 2. The Balaban J connectivity index is 2.90. The Morgan fingerprint density at radius 3 is 2.67 bits per heavy atom. The fourth-order valence-corrected chi connectivity index (χ4v) is 1.31. The van der Waals surface area contributed by atoms with Gasteiger partial charge in [0.25, 0.3) is 0 Å². The predicted molar refractivity (Wildman–Crippen MR) is 52.1 cm³/mol. The van der Waals surface area contributed by atoms with E-state index < -0.39 is 0 Å². The van der Waals surface area contributed by atoms with E-state index in [2.05, 4.69) is 0 Å². The molecule has 66 valence electrons. The zero-order valence-electron chi connectivity index (χ0n) is 6.72. The van der Waals surface area contributed by atoms with Crippen molar-refractivity contribution in [2.45, 2.75) is 6.54 Å². The van der Waals surface area contributed by atoms with Crippen molar-refractivity contribution in [3.63, 3.8) is 0 Å². The molecule has 1 rings (SSSR count). The second-order valence-electron chi connectivity index (χ2n) is 2.65. The molecule has 0 fully saturated rings. The molecule has 0 radical (unpaired) electrons. The maximum Gasteiger partial charge on any atom is 0.0452 e. The number of halogens is 2. The summed E-state index contributed by atoms with van der Waals surface area (Å²) in [6.07, 6.45) is 0. The number of hydrogen-bond donors (Lipinski definition) is 1. The summed E-state index contributed by atoms with van der Waals surface area (Å²) >= 11 is 11.7. The third-order valence-corrected chi connectivity index (χ3v) is 2.03. The van der Waals surface area contributed by atoms with Crippen molar-refractivity contribution in [2.24, 2.45) is 5.84 Å². The molecule has 0 aliphatic rings. The van der Waals surface area contributed by atoms with Crippen LogP contribution in [0, 0.1) is 0 Å². The van der Waals surface area contributed by atoms with Crippen LogP contribution in [-0.2, 0) is 6.54 Å². The Labute approximate surface area is 81.8 Å². The van der Waals surface area contributed by atoms with Crippen molar-refractivity contribution in [1.82, 2.24) is 5.01 Å². The van der Waals surface area contributed by atoms with Gasteiger partial charge in [0, 0.05) is 23.6 Å². The minimum Gasteiger partial charge on any atom is -0.269 e. The minimum absolute atomic E-state index is 0.597. The van der Waals surface area contributed by atoms with Gasteiger partial charge in [0.15, 0.2) is 0 Å². The van der Waals surface area contributed by atoms with Gasteiger partial charge in [0.2, 0.25) is 0 Å². The van der Waals surface area contributed by atoms with Crippen LogP contribution in [0.5, 0.6) is 0 Å². The zero-order chi connectivity index (χ0) is 9.14. The van der Waals surface area contributed by atoms with Crippen LogP contribution in [-0.4, -0.2) is 12.1 Å². The normalized spacial score (nSPS) is 10.8. The van der Waals surface area contributed by atoms with Gasteiger partial charge < -0.3 is 0 Å². The molecule has 0 heterocycles. The molecule has 0 aromatic heterocycles. The second kappa shape index (κ2) is 4.10. The fraction of sp³-hybridized carbons (Fsp3) is 0.250. The largest absolute Gasteiger partial charge is 0.269 e. The van der Waals surface area contributed by atoms with Crippen molar-refractivity contribution in [2.75, 3.05) is 7.05 Å². The van der Waals surface area contributed by atoms with E-state index in [9.17, 15) is 0 Å². The summed E-state index contributed by atoms with van der Waals surface area (Å²) in [7, 11) is 1.78. The molecule has 4 heteroatoms. The van der Waals surface area contributed by atoms with Crippen molar-refractivity contribution in [3.8, 4) is 0 Å². The molecule has 1 aromatic carbocycles. The average Bonchev–Trinajstić information content (AvgIpc) is 1.96. The number of nitrogens with two attached hydrogens (primary N) is 1. The number of nitrogens with zero attached hydrogens (tertiary/aromatic N) is 1. The Morgan fingerprint density at radius 2 is 2.08 bits per heavy atom. The highest BCUT2D eigenvalue weighted by atomic mass is 35.5. The first-order valence-electron chi connectivity index (χ1n) is 3.49. The SMILES string of the molecule is CN(N)Cc1cc(Cl)ccc1Cl. The molecule has 0 saturated carbocycles. The lowest BCUT2D eigenvalue weighted by atomic mass is 10.2. The van der Waals surface area contributed by atoms with Crippen molar-refractivity contribution < 1.29 is 0 Å². The van der Waals surface area contributed by atoms with Gasteiger partial charge in [-0.2, -0.15) is 0 Å². The summed E-state index contributed by atoms with van der Waals surface area (Å²) in [6, 6.07) is 5.33. The van der Waals surface area contributed by atoms with Crippen LogP contribution in [0.1, 0.15) is 5.56 Å². The molecule has 0 aliphatic carbocycles. The third-order valence-electron chi connectivity index (χ3n) is 1.43. The third kappa shape index (κ3) is 2.64. The van der Waals surface area contributed by atoms with Gasteiger partial charge in [0.1, 0.15) is 0 Å². The predicted octanol–water partition coefficient (Wildman–Crippen LogP) is 2.30. The molecule has 0 spiro atoms. The van der Waals surface area contributed by atoms with Gasteiger partial charge in [-0.15, -0.1) is 0 Å². The molecule has 0 amide bonds. The Hall–Kier alpha value is -0.280. The summed E-state index contributed by atoms with van der Waals surface area (Å²) in [6.45, 7) is 0.597. The standard InChI is InChI=1S/C8H10Cl2N2/c1-12(11)5-6-4-7(9)2-3-8(6)10/h2-4H,5,11H2,1H3. The number of hydrogen-bond acceptors (Lipinski definition) is 2. The summed E-state index contributed by atoms with van der Waals surface area (Å²) in [4.78, 5) is 0. The lowest BCUT2D eigenvalue weighted by Gasteiger charge is -2.10. The summed E-state index contributed by atoms with van der Waals surface area (Å²) < 4.78 is 0. The highest BCUT2D eigenvalue weighted by Crippen LogP contribution is 2.20. The monoisotopic (exact) mass is 204 g/mol. The quantitative estimate of drug-likeness (QED) is 0.592. The molecule has 0 atom stereocenters. The molecular weight excluding hydrogens is 195 g/mol. The van der Waals surface area contributed by atoms with Crippen LogP contribution in [0.4, 0.5) is 0 Å². The van der Waals surface area contributed by atoms with Crippen molar-refractivity contribution in [1.29, 1.82) is 0 Å². The van der Waals surface area contributed by atoms with Crippen LogP contribution in [0.3, 0.4) is 0 Å². The molecule has 0 saturated heterocycles. The van der Waals surface area contributed by atoms with Crippen molar-refractivity contribution >= 4 is 23.2 Å². The lowest BCUT2D eigenvalue weighted by molar-refractivity contribution is 0.342.